The molecule has 0 saturated heterocycles. The fourth-order valence-corrected chi connectivity index (χ4v) is 4.01. The van der Waals surface area contributed by atoms with Crippen LogP contribution in [0.15, 0.2) is 68.4 Å². The first-order valence-corrected chi connectivity index (χ1v) is 9.76. The molecule has 0 aliphatic carbocycles. The third-order valence-electron chi connectivity index (χ3n) is 5.42. The number of ether oxygens (including phenoxy) is 2. The number of nitrogens with zero attached hydrogens (tertiary/aromatic N) is 1. The van der Waals surface area contributed by atoms with E-state index in [1.807, 2.05) is 49.4 Å². The van der Waals surface area contributed by atoms with Crippen LogP contribution < -0.4 is 14.9 Å². The molecular formula is C24H21NO5. The van der Waals surface area contributed by atoms with Gasteiger partial charge in [0.15, 0.2) is 0 Å². The summed E-state index contributed by atoms with van der Waals surface area (Å²) in [7, 11) is 1.60. The second-order valence-corrected chi connectivity index (χ2v) is 7.32. The number of hydrogen-bond donors (Lipinski definition) is 0. The summed E-state index contributed by atoms with van der Waals surface area (Å²) in [5.41, 5.74) is 2.60. The standard InChI is InChI=1S/C24H21NO5/c1-15-22(17-7-3-4-8-20(17)27-2)23(26)18-9-10-21-19(24(18)30-15)13-25(14-29-21)12-16-6-5-11-28-16/h3-11H,12-14H2,1-2H3. The molecule has 0 atom stereocenters. The molecule has 3 heterocycles. The molecule has 0 spiro atoms. The van der Waals surface area contributed by atoms with E-state index in [-0.39, 0.29) is 5.43 Å². The smallest absolute Gasteiger partial charge is 0.200 e. The average molecular weight is 403 g/mol. The Bertz CT molecular complexity index is 1270. The lowest BCUT2D eigenvalue weighted by Crippen LogP contribution is -2.31. The highest BCUT2D eigenvalue weighted by molar-refractivity contribution is 5.87. The minimum absolute atomic E-state index is 0.0794. The van der Waals surface area contributed by atoms with E-state index >= 15 is 0 Å². The molecule has 0 unspecified atom stereocenters. The van der Waals surface area contributed by atoms with Gasteiger partial charge in [0.2, 0.25) is 5.43 Å². The van der Waals surface area contributed by atoms with Crippen LogP contribution in [0.2, 0.25) is 0 Å². The Morgan fingerprint density at radius 1 is 1.10 bits per heavy atom. The highest BCUT2D eigenvalue weighted by Crippen LogP contribution is 2.36. The second kappa shape index (κ2) is 7.39. The molecule has 0 saturated carbocycles. The van der Waals surface area contributed by atoms with Gasteiger partial charge in [0.1, 0.15) is 35.3 Å². The summed E-state index contributed by atoms with van der Waals surface area (Å²) >= 11 is 0. The molecule has 6 heteroatoms. The molecule has 4 aromatic rings. The van der Waals surface area contributed by atoms with Gasteiger partial charge in [-0.15, -0.1) is 0 Å². The van der Waals surface area contributed by atoms with E-state index in [4.69, 9.17) is 18.3 Å². The number of furan rings is 1. The lowest BCUT2D eigenvalue weighted by Gasteiger charge is -2.28. The van der Waals surface area contributed by atoms with E-state index in [2.05, 4.69) is 4.90 Å². The lowest BCUT2D eigenvalue weighted by atomic mass is 10.00. The number of rotatable bonds is 4. The van der Waals surface area contributed by atoms with Crippen LogP contribution >= 0.6 is 0 Å². The molecule has 1 aliphatic rings. The minimum Gasteiger partial charge on any atom is -0.496 e. The summed E-state index contributed by atoms with van der Waals surface area (Å²) in [6.45, 7) is 3.48. The van der Waals surface area contributed by atoms with Crippen molar-refractivity contribution >= 4 is 11.0 Å². The van der Waals surface area contributed by atoms with Gasteiger partial charge in [-0.2, -0.15) is 0 Å². The van der Waals surface area contributed by atoms with Crippen molar-refractivity contribution in [3.8, 4) is 22.6 Å². The SMILES string of the molecule is COc1ccccc1-c1c(C)oc2c3c(ccc2c1=O)OCN(Cc1ccco1)C3. The van der Waals surface area contributed by atoms with Gasteiger partial charge in [-0.05, 0) is 37.3 Å². The van der Waals surface area contributed by atoms with Crippen LogP contribution in [0.3, 0.4) is 0 Å². The van der Waals surface area contributed by atoms with Crippen molar-refractivity contribution in [2.45, 2.75) is 20.0 Å². The zero-order chi connectivity index (χ0) is 20.7. The molecule has 0 amide bonds. The Hall–Kier alpha value is -3.51. The van der Waals surface area contributed by atoms with Gasteiger partial charge < -0.3 is 18.3 Å². The van der Waals surface area contributed by atoms with Crippen LogP contribution in [0, 0.1) is 6.92 Å². The molecule has 1 aliphatic heterocycles. The largest absolute Gasteiger partial charge is 0.496 e. The van der Waals surface area contributed by atoms with E-state index in [0.717, 1.165) is 22.6 Å². The maximum absolute atomic E-state index is 13.5. The van der Waals surface area contributed by atoms with Crippen LogP contribution in [0.4, 0.5) is 0 Å². The second-order valence-electron chi connectivity index (χ2n) is 7.32. The quantitative estimate of drug-likeness (QED) is 0.491. The summed E-state index contributed by atoms with van der Waals surface area (Å²) in [6, 6.07) is 14.9. The third-order valence-corrected chi connectivity index (χ3v) is 5.42. The summed E-state index contributed by atoms with van der Waals surface area (Å²) in [6.07, 6.45) is 1.66. The van der Waals surface area contributed by atoms with E-state index < -0.39 is 0 Å². The van der Waals surface area contributed by atoms with E-state index in [1.165, 1.54) is 0 Å². The topological polar surface area (TPSA) is 65.1 Å². The number of para-hydroxylation sites is 1. The van der Waals surface area contributed by atoms with E-state index in [1.54, 1.807) is 19.4 Å². The Morgan fingerprint density at radius 2 is 1.97 bits per heavy atom. The first-order chi connectivity index (χ1) is 14.7. The van der Waals surface area contributed by atoms with Crippen molar-refractivity contribution in [2.75, 3.05) is 13.8 Å². The van der Waals surface area contributed by atoms with Crippen molar-refractivity contribution in [2.24, 2.45) is 0 Å². The summed E-state index contributed by atoms with van der Waals surface area (Å²) < 4.78 is 23.1. The highest BCUT2D eigenvalue weighted by atomic mass is 16.5. The van der Waals surface area contributed by atoms with Crippen molar-refractivity contribution in [3.63, 3.8) is 0 Å². The number of fused-ring (bicyclic) bond motifs is 3. The predicted octanol–water partition coefficient (Wildman–Crippen LogP) is 4.72. The van der Waals surface area contributed by atoms with Crippen LogP contribution in [0.25, 0.3) is 22.1 Å². The molecule has 0 fully saturated rings. The maximum atomic E-state index is 13.5. The number of methoxy groups -OCH3 is 1. The molecule has 30 heavy (non-hydrogen) atoms. The third kappa shape index (κ3) is 3.06. The molecule has 2 aromatic carbocycles. The zero-order valence-electron chi connectivity index (χ0n) is 16.8. The van der Waals surface area contributed by atoms with E-state index in [0.29, 0.717) is 47.9 Å². The van der Waals surface area contributed by atoms with Crippen LogP contribution in [-0.4, -0.2) is 18.7 Å². The van der Waals surface area contributed by atoms with Crippen LogP contribution in [-0.2, 0) is 13.1 Å². The Labute approximate surface area is 173 Å². The van der Waals surface area contributed by atoms with Gasteiger partial charge in [-0.1, -0.05) is 18.2 Å². The summed E-state index contributed by atoms with van der Waals surface area (Å²) in [4.78, 5) is 15.6. The molecule has 5 rings (SSSR count). The Morgan fingerprint density at radius 3 is 2.77 bits per heavy atom. The van der Waals surface area contributed by atoms with Crippen molar-refractivity contribution in [1.82, 2.24) is 4.90 Å². The van der Waals surface area contributed by atoms with Crippen molar-refractivity contribution in [3.05, 3.63) is 82.1 Å². The number of hydrogen-bond acceptors (Lipinski definition) is 6. The maximum Gasteiger partial charge on any atom is 0.200 e. The summed E-state index contributed by atoms with van der Waals surface area (Å²) in [5.74, 6) is 2.79. The minimum atomic E-state index is -0.0794. The molecule has 2 aromatic heterocycles. The zero-order valence-corrected chi connectivity index (χ0v) is 16.8. The fourth-order valence-electron chi connectivity index (χ4n) is 4.01. The fraction of sp³-hybridized carbons (Fsp3) is 0.208. The molecule has 0 bridgehead atoms. The normalized spacial score (nSPS) is 13.8. The van der Waals surface area contributed by atoms with Gasteiger partial charge in [0.25, 0.3) is 0 Å². The highest BCUT2D eigenvalue weighted by Gasteiger charge is 2.25. The van der Waals surface area contributed by atoms with Gasteiger partial charge in [0.05, 0.1) is 36.4 Å². The van der Waals surface area contributed by atoms with Gasteiger partial charge in [0, 0.05) is 12.1 Å². The first-order valence-electron chi connectivity index (χ1n) is 9.76. The number of benzene rings is 2. The van der Waals surface area contributed by atoms with Crippen molar-refractivity contribution in [1.29, 1.82) is 0 Å². The molecule has 0 N–H and O–H groups in total. The lowest BCUT2D eigenvalue weighted by molar-refractivity contribution is 0.0826. The van der Waals surface area contributed by atoms with Gasteiger partial charge in [-0.3, -0.25) is 9.69 Å². The summed E-state index contributed by atoms with van der Waals surface area (Å²) in [5, 5.41) is 0.531. The van der Waals surface area contributed by atoms with E-state index in [9.17, 15) is 4.79 Å². The molecule has 152 valence electrons. The van der Waals surface area contributed by atoms with Crippen molar-refractivity contribution < 1.29 is 18.3 Å². The average Bonchev–Trinajstić information content (AvgIpc) is 3.27. The molecule has 6 nitrogen and oxygen atoms in total. The monoisotopic (exact) mass is 403 g/mol. The molecule has 0 radical (unpaired) electrons. The van der Waals surface area contributed by atoms with Crippen LogP contribution in [0.5, 0.6) is 11.5 Å². The number of aryl methyl sites for hydroxylation is 1. The Kier molecular flexibility index (Phi) is 4.56. The van der Waals surface area contributed by atoms with Gasteiger partial charge >= 0.3 is 0 Å². The Balaban J connectivity index is 1.62. The predicted molar refractivity (Wildman–Crippen MR) is 113 cm³/mol. The first kappa shape index (κ1) is 18.5. The van der Waals surface area contributed by atoms with Gasteiger partial charge in [-0.25, -0.2) is 0 Å². The van der Waals surface area contributed by atoms with Crippen LogP contribution in [0.1, 0.15) is 17.1 Å². The molecular weight excluding hydrogens is 382 g/mol.